The zero-order valence-corrected chi connectivity index (χ0v) is 14.7. The molecule has 0 heterocycles. The van der Waals surface area contributed by atoms with E-state index in [4.69, 9.17) is 10.5 Å². The minimum atomic E-state index is -4.45. The van der Waals surface area contributed by atoms with Crippen LogP contribution in [0.3, 0.4) is 0 Å². The first-order valence-electron chi connectivity index (χ1n) is 8.18. The van der Waals surface area contributed by atoms with Crippen LogP contribution in [0.4, 0.5) is 13.2 Å². The van der Waals surface area contributed by atoms with Crippen LogP contribution >= 0.6 is 0 Å². The van der Waals surface area contributed by atoms with Crippen molar-refractivity contribution in [1.29, 1.82) is 0 Å². The number of hydrogen-bond donors (Lipinski definition) is 3. The molecule has 27 heavy (non-hydrogen) atoms. The number of hydrogen-bond acceptors (Lipinski definition) is 4. The van der Waals surface area contributed by atoms with Crippen molar-refractivity contribution in [3.05, 3.63) is 65.2 Å². The number of benzene rings is 2. The van der Waals surface area contributed by atoms with Gasteiger partial charge in [-0.05, 0) is 23.8 Å². The molecule has 5 nitrogen and oxygen atoms in total. The highest BCUT2D eigenvalue weighted by atomic mass is 19.4. The fourth-order valence-electron chi connectivity index (χ4n) is 2.61. The van der Waals surface area contributed by atoms with Gasteiger partial charge in [0.2, 0.25) is 5.91 Å². The molecular weight excluding hydrogens is 361 g/mol. The first-order valence-corrected chi connectivity index (χ1v) is 8.18. The number of rotatable bonds is 7. The second-order valence-corrected chi connectivity index (χ2v) is 6.16. The molecule has 0 aromatic heterocycles. The van der Waals surface area contributed by atoms with E-state index in [2.05, 4.69) is 5.32 Å². The Labute approximate surface area is 154 Å². The van der Waals surface area contributed by atoms with Crippen molar-refractivity contribution < 1.29 is 27.8 Å². The number of nitrogens with one attached hydrogen (secondary N) is 1. The molecule has 8 heteroatoms. The van der Waals surface area contributed by atoms with Gasteiger partial charge >= 0.3 is 6.18 Å². The monoisotopic (exact) mass is 382 g/mol. The SMILES string of the molecule is CNC(=O)C(N)(CO)Cc1ccc(OCc2ccccc2C(F)(F)F)cc1. The Morgan fingerprint density at radius 2 is 1.78 bits per heavy atom. The summed E-state index contributed by atoms with van der Waals surface area (Å²) < 4.78 is 44.4. The van der Waals surface area contributed by atoms with Crippen molar-refractivity contribution in [2.45, 2.75) is 24.7 Å². The summed E-state index contributed by atoms with van der Waals surface area (Å²) in [6.07, 6.45) is -4.35. The molecule has 4 N–H and O–H groups in total. The molecule has 0 aliphatic rings. The summed E-state index contributed by atoms with van der Waals surface area (Å²) in [5, 5.41) is 11.8. The number of aliphatic hydroxyl groups is 1. The Hall–Kier alpha value is -2.58. The summed E-state index contributed by atoms with van der Waals surface area (Å²) in [5.74, 6) is -0.114. The van der Waals surface area contributed by atoms with Gasteiger partial charge in [-0.25, -0.2) is 0 Å². The van der Waals surface area contributed by atoms with Crippen LogP contribution < -0.4 is 15.8 Å². The Balaban J connectivity index is 2.06. The van der Waals surface area contributed by atoms with Crippen LogP contribution in [0.15, 0.2) is 48.5 Å². The molecule has 2 aromatic carbocycles. The fourth-order valence-corrected chi connectivity index (χ4v) is 2.61. The lowest BCUT2D eigenvalue weighted by Crippen LogP contribution is -2.57. The van der Waals surface area contributed by atoms with Gasteiger partial charge in [-0.1, -0.05) is 30.3 Å². The van der Waals surface area contributed by atoms with E-state index >= 15 is 0 Å². The van der Waals surface area contributed by atoms with Crippen LogP contribution in [0.1, 0.15) is 16.7 Å². The smallest absolute Gasteiger partial charge is 0.416 e. The molecule has 0 radical (unpaired) electrons. The van der Waals surface area contributed by atoms with Crippen LogP contribution in [0.25, 0.3) is 0 Å². The second kappa shape index (κ2) is 8.41. The lowest BCUT2D eigenvalue weighted by Gasteiger charge is -2.25. The van der Waals surface area contributed by atoms with Crippen LogP contribution in [-0.2, 0) is 24.0 Å². The number of carbonyl (C=O) groups is 1. The van der Waals surface area contributed by atoms with Crippen molar-refractivity contribution in [3.63, 3.8) is 0 Å². The van der Waals surface area contributed by atoms with E-state index in [1.165, 1.54) is 25.2 Å². The molecular formula is C19H21F3N2O3. The van der Waals surface area contributed by atoms with Gasteiger partial charge in [-0.15, -0.1) is 0 Å². The van der Waals surface area contributed by atoms with Crippen molar-refractivity contribution in [1.82, 2.24) is 5.32 Å². The predicted molar refractivity (Wildman–Crippen MR) is 94.0 cm³/mol. The molecule has 1 atom stereocenters. The maximum Gasteiger partial charge on any atom is 0.416 e. The summed E-state index contributed by atoms with van der Waals surface area (Å²) in [6.45, 7) is -0.760. The molecule has 0 bridgehead atoms. The maximum absolute atomic E-state index is 13.0. The van der Waals surface area contributed by atoms with Crippen molar-refractivity contribution in [3.8, 4) is 5.75 Å². The van der Waals surface area contributed by atoms with E-state index < -0.39 is 29.8 Å². The minimum Gasteiger partial charge on any atom is -0.489 e. The highest BCUT2D eigenvalue weighted by Crippen LogP contribution is 2.32. The first kappa shape index (κ1) is 20.7. The van der Waals surface area contributed by atoms with Crippen molar-refractivity contribution in [2.24, 2.45) is 5.73 Å². The second-order valence-electron chi connectivity index (χ2n) is 6.16. The van der Waals surface area contributed by atoms with Gasteiger partial charge in [0.05, 0.1) is 12.2 Å². The number of alkyl halides is 3. The zero-order valence-electron chi connectivity index (χ0n) is 14.7. The molecule has 1 amide bonds. The number of likely N-dealkylation sites (N-methyl/N-ethyl adjacent to an activating group) is 1. The molecule has 0 aliphatic carbocycles. The quantitative estimate of drug-likeness (QED) is 0.686. The minimum absolute atomic E-state index is 0.0370. The van der Waals surface area contributed by atoms with Gasteiger partial charge < -0.3 is 20.9 Å². The van der Waals surface area contributed by atoms with Gasteiger partial charge in [0.1, 0.15) is 17.9 Å². The lowest BCUT2D eigenvalue weighted by molar-refractivity contribution is -0.138. The summed E-state index contributed by atoms with van der Waals surface area (Å²) >= 11 is 0. The Morgan fingerprint density at radius 3 is 2.33 bits per heavy atom. The normalized spacial score (nSPS) is 13.7. The average molecular weight is 382 g/mol. The van der Waals surface area contributed by atoms with E-state index in [1.54, 1.807) is 24.3 Å². The van der Waals surface area contributed by atoms with Gasteiger partial charge in [0.25, 0.3) is 0 Å². The largest absolute Gasteiger partial charge is 0.489 e. The standard InChI is InChI=1S/C19H21F3N2O3/c1-24-17(26)18(23,12-25)10-13-6-8-15(9-7-13)27-11-14-4-2-3-5-16(14)19(20,21)22/h2-9,25H,10-12,23H2,1H3,(H,24,26). The topological polar surface area (TPSA) is 84.6 Å². The zero-order chi connectivity index (χ0) is 20.1. The van der Waals surface area contributed by atoms with Crippen molar-refractivity contribution in [2.75, 3.05) is 13.7 Å². The summed E-state index contributed by atoms with van der Waals surface area (Å²) in [4.78, 5) is 11.8. The van der Waals surface area contributed by atoms with E-state index in [0.717, 1.165) is 6.07 Å². The van der Waals surface area contributed by atoms with Gasteiger partial charge in [0, 0.05) is 19.0 Å². The molecule has 0 aliphatic heterocycles. The summed E-state index contributed by atoms with van der Waals surface area (Å²) in [5.41, 5.74) is 4.44. The van der Waals surface area contributed by atoms with Crippen molar-refractivity contribution >= 4 is 5.91 Å². The molecule has 0 spiro atoms. The highest BCUT2D eigenvalue weighted by molar-refractivity contribution is 5.86. The van der Waals surface area contributed by atoms with E-state index in [-0.39, 0.29) is 18.6 Å². The third-order valence-corrected chi connectivity index (χ3v) is 4.12. The molecule has 2 aromatic rings. The summed E-state index contributed by atoms with van der Waals surface area (Å²) in [6, 6.07) is 11.7. The Morgan fingerprint density at radius 1 is 1.15 bits per heavy atom. The van der Waals surface area contributed by atoms with Crippen LogP contribution in [-0.4, -0.2) is 30.2 Å². The molecule has 0 fully saturated rings. The van der Waals surface area contributed by atoms with Gasteiger partial charge in [-0.3, -0.25) is 4.79 Å². The van der Waals surface area contributed by atoms with E-state index in [9.17, 15) is 23.1 Å². The molecule has 2 rings (SSSR count). The molecule has 0 saturated heterocycles. The first-order chi connectivity index (χ1) is 12.7. The van der Waals surface area contributed by atoms with Crippen LogP contribution in [0.5, 0.6) is 5.75 Å². The number of carbonyl (C=O) groups excluding carboxylic acids is 1. The third-order valence-electron chi connectivity index (χ3n) is 4.12. The Kier molecular flexibility index (Phi) is 6.45. The lowest BCUT2D eigenvalue weighted by atomic mass is 9.91. The number of amides is 1. The fraction of sp³-hybridized carbons (Fsp3) is 0.316. The number of aliphatic hydroxyl groups excluding tert-OH is 1. The van der Waals surface area contributed by atoms with E-state index in [1.807, 2.05) is 0 Å². The van der Waals surface area contributed by atoms with Crippen LogP contribution in [0, 0.1) is 0 Å². The number of ether oxygens (including phenoxy) is 1. The molecule has 146 valence electrons. The average Bonchev–Trinajstić information content (AvgIpc) is 2.66. The van der Waals surface area contributed by atoms with Crippen LogP contribution in [0.2, 0.25) is 0 Å². The maximum atomic E-state index is 13.0. The highest BCUT2D eigenvalue weighted by Gasteiger charge is 2.33. The predicted octanol–water partition coefficient (Wildman–Crippen LogP) is 2.26. The number of nitrogens with two attached hydrogens (primary N) is 1. The van der Waals surface area contributed by atoms with E-state index in [0.29, 0.717) is 11.3 Å². The van der Waals surface area contributed by atoms with Gasteiger partial charge in [0.15, 0.2) is 0 Å². The third kappa shape index (κ3) is 5.21. The summed E-state index contributed by atoms with van der Waals surface area (Å²) in [7, 11) is 1.43. The molecule has 1 unspecified atom stereocenters. The molecule has 0 saturated carbocycles. The number of halogens is 3. The Bertz CT molecular complexity index is 779. The van der Waals surface area contributed by atoms with Gasteiger partial charge in [-0.2, -0.15) is 13.2 Å².